The van der Waals surface area contributed by atoms with Crippen LogP contribution in [0.15, 0.2) is 18.2 Å². The summed E-state index contributed by atoms with van der Waals surface area (Å²) >= 11 is 0. The third-order valence-corrected chi connectivity index (χ3v) is 2.66. The Morgan fingerprint density at radius 1 is 1.50 bits per heavy atom. The molecule has 0 saturated carbocycles. The molecule has 0 fully saturated rings. The van der Waals surface area contributed by atoms with E-state index in [1.54, 1.807) is 6.92 Å². The largest absolute Gasteiger partial charge is 0.467 e. The number of benzene rings is 1. The first-order valence-electron chi connectivity index (χ1n) is 5.53. The third kappa shape index (κ3) is 2.75. The molecule has 0 aliphatic carbocycles. The van der Waals surface area contributed by atoms with Gasteiger partial charge in [-0.15, -0.1) is 0 Å². The maximum Gasteiger partial charge on any atom is 0.327 e. The van der Waals surface area contributed by atoms with Gasteiger partial charge in [0.25, 0.3) is 0 Å². The number of rotatable bonds is 4. The summed E-state index contributed by atoms with van der Waals surface area (Å²) in [5.74, 6) is -0.245. The second kappa shape index (κ2) is 5.54. The van der Waals surface area contributed by atoms with E-state index in [1.165, 1.54) is 12.7 Å². The van der Waals surface area contributed by atoms with Crippen molar-refractivity contribution in [3.63, 3.8) is 0 Å². The fourth-order valence-electron chi connectivity index (χ4n) is 1.68. The van der Waals surface area contributed by atoms with E-state index in [0.29, 0.717) is 0 Å². The van der Waals surface area contributed by atoms with Gasteiger partial charge in [0.1, 0.15) is 6.04 Å². The van der Waals surface area contributed by atoms with Gasteiger partial charge in [0.2, 0.25) is 0 Å². The molecule has 3 nitrogen and oxygen atoms in total. The Morgan fingerprint density at radius 2 is 2.19 bits per heavy atom. The summed E-state index contributed by atoms with van der Waals surface area (Å²) < 4.78 is 4.70. The first-order chi connectivity index (χ1) is 7.60. The first-order valence-corrected chi connectivity index (χ1v) is 5.53. The van der Waals surface area contributed by atoms with Crippen LogP contribution in [-0.2, 0) is 16.0 Å². The highest BCUT2D eigenvalue weighted by Crippen LogP contribution is 2.21. The smallest absolute Gasteiger partial charge is 0.327 e. The van der Waals surface area contributed by atoms with Crippen molar-refractivity contribution < 1.29 is 9.53 Å². The van der Waals surface area contributed by atoms with Crippen LogP contribution < -0.4 is 5.32 Å². The zero-order valence-corrected chi connectivity index (χ0v) is 10.3. The van der Waals surface area contributed by atoms with E-state index in [1.807, 2.05) is 19.1 Å². The lowest BCUT2D eigenvalue weighted by molar-refractivity contribution is -0.141. The molecule has 0 aliphatic heterocycles. The van der Waals surface area contributed by atoms with Crippen molar-refractivity contribution in [1.82, 2.24) is 0 Å². The number of hydrogen-bond donors (Lipinski definition) is 1. The fourth-order valence-corrected chi connectivity index (χ4v) is 1.68. The van der Waals surface area contributed by atoms with Gasteiger partial charge < -0.3 is 10.1 Å². The van der Waals surface area contributed by atoms with Gasteiger partial charge in [0.15, 0.2) is 0 Å². The van der Waals surface area contributed by atoms with Gasteiger partial charge in [-0.2, -0.15) is 0 Å². The molecule has 1 atom stereocenters. The lowest BCUT2D eigenvalue weighted by Gasteiger charge is -2.18. The number of ether oxygens (including phenoxy) is 1. The van der Waals surface area contributed by atoms with Crippen molar-refractivity contribution in [2.24, 2.45) is 0 Å². The van der Waals surface area contributed by atoms with Crippen LogP contribution in [0, 0.1) is 6.92 Å². The minimum atomic E-state index is -0.323. The quantitative estimate of drug-likeness (QED) is 0.794. The Morgan fingerprint density at radius 3 is 2.75 bits per heavy atom. The first kappa shape index (κ1) is 12.6. The SMILES string of the molecule is CCc1cccc(C)c1NC(C)C(=O)OC. The normalized spacial score (nSPS) is 12.0. The number of esters is 1. The average molecular weight is 221 g/mol. The predicted molar refractivity (Wildman–Crippen MR) is 65.7 cm³/mol. The molecule has 0 heterocycles. The van der Waals surface area contributed by atoms with E-state index in [-0.39, 0.29) is 12.0 Å². The monoisotopic (exact) mass is 221 g/mol. The molecule has 1 N–H and O–H groups in total. The molecule has 0 saturated heterocycles. The number of carbonyl (C=O) groups excluding carboxylic acids is 1. The van der Waals surface area contributed by atoms with E-state index >= 15 is 0 Å². The summed E-state index contributed by atoms with van der Waals surface area (Å²) in [5, 5.41) is 3.21. The van der Waals surface area contributed by atoms with E-state index < -0.39 is 0 Å². The lowest BCUT2D eigenvalue weighted by Crippen LogP contribution is -2.28. The second-order valence-corrected chi connectivity index (χ2v) is 3.85. The summed E-state index contributed by atoms with van der Waals surface area (Å²) in [5.41, 5.74) is 3.41. The van der Waals surface area contributed by atoms with Gasteiger partial charge in [-0.1, -0.05) is 25.1 Å². The molecule has 1 unspecified atom stereocenters. The molecule has 16 heavy (non-hydrogen) atoms. The van der Waals surface area contributed by atoms with Gasteiger partial charge in [-0.3, -0.25) is 0 Å². The zero-order valence-electron chi connectivity index (χ0n) is 10.3. The molecule has 0 radical (unpaired) electrons. The van der Waals surface area contributed by atoms with E-state index in [9.17, 15) is 4.79 Å². The molecular weight excluding hydrogens is 202 g/mol. The molecule has 0 amide bonds. The number of methoxy groups -OCH3 is 1. The Hall–Kier alpha value is -1.51. The van der Waals surface area contributed by atoms with Gasteiger partial charge >= 0.3 is 5.97 Å². The van der Waals surface area contributed by atoms with Crippen molar-refractivity contribution in [3.05, 3.63) is 29.3 Å². The Kier molecular flexibility index (Phi) is 4.35. The molecular formula is C13H19NO2. The van der Waals surface area contributed by atoms with Gasteiger partial charge in [-0.05, 0) is 31.4 Å². The minimum absolute atomic E-state index is 0.245. The van der Waals surface area contributed by atoms with Crippen LogP contribution in [0.4, 0.5) is 5.69 Å². The number of carbonyl (C=O) groups is 1. The Bertz CT molecular complexity index is 374. The lowest BCUT2D eigenvalue weighted by atomic mass is 10.1. The van der Waals surface area contributed by atoms with Crippen molar-refractivity contribution in [2.45, 2.75) is 33.2 Å². The molecule has 3 heteroatoms. The van der Waals surface area contributed by atoms with Crippen LogP contribution in [-0.4, -0.2) is 19.1 Å². The van der Waals surface area contributed by atoms with E-state index in [2.05, 4.69) is 18.3 Å². The number of aryl methyl sites for hydroxylation is 2. The summed E-state index contributed by atoms with van der Waals surface area (Å²) in [4.78, 5) is 11.3. The summed E-state index contributed by atoms with van der Waals surface area (Å²) in [6, 6.07) is 5.81. The minimum Gasteiger partial charge on any atom is -0.467 e. The summed E-state index contributed by atoms with van der Waals surface area (Å²) in [6.07, 6.45) is 0.942. The van der Waals surface area contributed by atoms with Crippen molar-refractivity contribution in [2.75, 3.05) is 12.4 Å². The maximum atomic E-state index is 11.3. The Labute approximate surface area is 96.8 Å². The van der Waals surface area contributed by atoms with Crippen LogP contribution in [0.5, 0.6) is 0 Å². The molecule has 1 aromatic carbocycles. The van der Waals surface area contributed by atoms with E-state index in [4.69, 9.17) is 4.74 Å². The third-order valence-electron chi connectivity index (χ3n) is 2.66. The highest BCUT2D eigenvalue weighted by atomic mass is 16.5. The van der Waals surface area contributed by atoms with Gasteiger partial charge in [0, 0.05) is 5.69 Å². The standard InChI is InChI=1S/C13H19NO2/c1-5-11-8-6-7-9(2)12(11)14-10(3)13(15)16-4/h6-8,10,14H,5H2,1-4H3. The zero-order chi connectivity index (χ0) is 12.1. The van der Waals surface area contributed by atoms with Crippen molar-refractivity contribution >= 4 is 11.7 Å². The fraction of sp³-hybridized carbons (Fsp3) is 0.462. The summed E-state index contributed by atoms with van der Waals surface area (Å²) in [6.45, 7) is 5.94. The van der Waals surface area contributed by atoms with Gasteiger partial charge in [-0.25, -0.2) is 4.79 Å². The van der Waals surface area contributed by atoms with Crippen molar-refractivity contribution in [3.8, 4) is 0 Å². The second-order valence-electron chi connectivity index (χ2n) is 3.85. The number of para-hydroxylation sites is 1. The molecule has 1 rings (SSSR count). The molecule has 0 aliphatic rings. The van der Waals surface area contributed by atoms with Crippen LogP contribution >= 0.6 is 0 Å². The summed E-state index contributed by atoms with van der Waals surface area (Å²) in [7, 11) is 1.40. The Balaban J connectivity index is 2.91. The van der Waals surface area contributed by atoms with Crippen LogP contribution in [0.25, 0.3) is 0 Å². The van der Waals surface area contributed by atoms with Gasteiger partial charge in [0.05, 0.1) is 7.11 Å². The van der Waals surface area contributed by atoms with E-state index in [0.717, 1.165) is 17.7 Å². The molecule has 0 spiro atoms. The predicted octanol–water partition coefficient (Wildman–Crippen LogP) is 2.53. The molecule has 0 bridgehead atoms. The topological polar surface area (TPSA) is 38.3 Å². The average Bonchev–Trinajstić information content (AvgIpc) is 2.30. The van der Waals surface area contributed by atoms with Crippen LogP contribution in [0.1, 0.15) is 25.0 Å². The maximum absolute atomic E-state index is 11.3. The number of anilines is 1. The van der Waals surface area contributed by atoms with Crippen LogP contribution in [0.2, 0.25) is 0 Å². The van der Waals surface area contributed by atoms with Crippen LogP contribution in [0.3, 0.4) is 0 Å². The molecule has 1 aromatic rings. The number of hydrogen-bond acceptors (Lipinski definition) is 3. The highest BCUT2D eigenvalue weighted by Gasteiger charge is 2.14. The van der Waals surface area contributed by atoms with Crippen molar-refractivity contribution in [1.29, 1.82) is 0 Å². The number of nitrogens with one attached hydrogen (secondary N) is 1. The molecule has 0 aromatic heterocycles. The highest BCUT2D eigenvalue weighted by molar-refractivity contribution is 5.79. The molecule has 88 valence electrons.